The molecule has 5 atom stereocenters. The SMILES string of the molecule is NCCCC[C@H](N)C(=O)N[C@@H](Cc1ccc(O)cc1)C(=O)N[C@@H](Cc1ccccc1)C(=O)NCC(=O)NCC(=O)N1CCC[C@H]1C(=O)N[C@@H](CCC(=O)O)C(=O)O. The van der Waals surface area contributed by atoms with Crippen LogP contribution in [-0.4, -0.2) is 124 Å². The fraction of sp³-hybridized carbons (Fsp3) is 0.474. The fourth-order valence-electron chi connectivity index (χ4n) is 6.09. The molecule has 1 aliphatic heterocycles. The summed E-state index contributed by atoms with van der Waals surface area (Å²) >= 11 is 0. The minimum atomic E-state index is -1.47. The molecule has 1 heterocycles. The molecule has 0 aliphatic carbocycles. The Morgan fingerprint density at radius 1 is 0.737 bits per heavy atom. The molecule has 310 valence electrons. The molecular formula is C38H52N8O11. The van der Waals surface area contributed by atoms with E-state index in [9.17, 15) is 48.6 Å². The van der Waals surface area contributed by atoms with Gasteiger partial charge in [-0.1, -0.05) is 48.9 Å². The monoisotopic (exact) mass is 796 g/mol. The average Bonchev–Trinajstić information content (AvgIpc) is 3.68. The zero-order valence-electron chi connectivity index (χ0n) is 31.5. The number of likely N-dealkylation sites (tertiary alicyclic amines) is 1. The molecule has 19 heteroatoms. The second kappa shape index (κ2) is 23.1. The van der Waals surface area contributed by atoms with E-state index < -0.39 is 97.1 Å². The number of nitrogens with one attached hydrogen (secondary N) is 5. The van der Waals surface area contributed by atoms with Crippen molar-refractivity contribution < 1.29 is 53.7 Å². The number of phenolic OH excluding ortho intramolecular Hbond substituents is 1. The van der Waals surface area contributed by atoms with Crippen LogP contribution in [0, 0.1) is 0 Å². The summed E-state index contributed by atoms with van der Waals surface area (Å²) in [5, 5.41) is 40.5. The van der Waals surface area contributed by atoms with Gasteiger partial charge in [0.2, 0.25) is 35.4 Å². The molecule has 6 amide bonds. The van der Waals surface area contributed by atoms with Gasteiger partial charge >= 0.3 is 11.9 Å². The van der Waals surface area contributed by atoms with Crippen LogP contribution in [0.15, 0.2) is 54.6 Å². The number of phenols is 1. The second-order valence-corrected chi connectivity index (χ2v) is 13.6. The van der Waals surface area contributed by atoms with Gasteiger partial charge in [0.1, 0.15) is 29.9 Å². The number of carboxylic acids is 2. The molecule has 2 aromatic carbocycles. The maximum absolute atomic E-state index is 13.8. The van der Waals surface area contributed by atoms with E-state index in [0.717, 1.165) is 0 Å². The number of aromatic hydroxyl groups is 1. The summed E-state index contributed by atoms with van der Waals surface area (Å²) in [6, 6.07) is 8.94. The molecule has 19 nitrogen and oxygen atoms in total. The third kappa shape index (κ3) is 15.5. The molecule has 0 bridgehead atoms. The Morgan fingerprint density at radius 2 is 1.37 bits per heavy atom. The van der Waals surface area contributed by atoms with E-state index in [1.165, 1.54) is 17.0 Å². The summed E-state index contributed by atoms with van der Waals surface area (Å²) in [5.41, 5.74) is 12.9. The third-order valence-electron chi connectivity index (χ3n) is 9.23. The van der Waals surface area contributed by atoms with Gasteiger partial charge in [-0.2, -0.15) is 0 Å². The van der Waals surface area contributed by atoms with Crippen molar-refractivity contribution in [1.29, 1.82) is 0 Å². The smallest absolute Gasteiger partial charge is 0.326 e. The lowest BCUT2D eigenvalue weighted by atomic mass is 10.0. The fourth-order valence-corrected chi connectivity index (χ4v) is 6.09. The van der Waals surface area contributed by atoms with Gasteiger partial charge in [0.25, 0.3) is 0 Å². The summed E-state index contributed by atoms with van der Waals surface area (Å²) in [4.78, 5) is 103. The number of carboxylic acid groups (broad SMARTS) is 2. The summed E-state index contributed by atoms with van der Waals surface area (Å²) in [6.07, 6.45) is 1.41. The quantitative estimate of drug-likeness (QED) is 0.0560. The molecule has 2 aromatic rings. The highest BCUT2D eigenvalue weighted by Gasteiger charge is 2.36. The minimum absolute atomic E-state index is 0.00347. The Morgan fingerprint density at radius 3 is 2.00 bits per heavy atom. The van der Waals surface area contributed by atoms with E-state index in [4.69, 9.17) is 16.6 Å². The molecule has 3 rings (SSSR count). The normalized spacial score (nSPS) is 15.6. The number of carbonyl (C=O) groups is 8. The van der Waals surface area contributed by atoms with Crippen LogP contribution in [0.25, 0.3) is 0 Å². The zero-order chi connectivity index (χ0) is 41.9. The first kappa shape index (κ1) is 45.3. The van der Waals surface area contributed by atoms with Gasteiger partial charge < -0.3 is 58.3 Å². The van der Waals surface area contributed by atoms with Crippen molar-refractivity contribution in [1.82, 2.24) is 31.5 Å². The summed E-state index contributed by atoms with van der Waals surface area (Å²) < 4.78 is 0. The first-order valence-electron chi connectivity index (χ1n) is 18.7. The number of unbranched alkanes of at least 4 members (excludes halogenated alkanes) is 1. The van der Waals surface area contributed by atoms with E-state index in [2.05, 4.69) is 26.6 Å². The van der Waals surface area contributed by atoms with E-state index in [1.54, 1.807) is 42.5 Å². The predicted molar refractivity (Wildman–Crippen MR) is 204 cm³/mol. The summed E-state index contributed by atoms with van der Waals surface area (Å²) in [6.45, 7) is -0.545. The van der Waals surface area contributed by atoms with Crippen molar-refractivity contribution in [2.24, 2.45) is 11.5 Å². The Balaban J connectivity index is 1.64. The number of hydrogen-bond acceptors (Lipinski definition) is 11. The van der Waals surface area contributed by atoms with Crippen LogP contribution >= 0.6 is 0 Å². The molecule has 1 aliphatic rings. The van der Waals surface area contributed by atoms with Gasteiger partial charge in [-0.25, -0.2) is 4.79 Å². The molecule has 0 spiro atoms. The van der Waals surface area contributed by atoms with Crippen molar-refractivity contribution in [3.8, 4) is 5.75 Å². The van der Waals surface area contributed by atoms with Crippen LogP contribution in [-0.2, 0) is 51.2 Å². The molecule has 0 radical (unpaired) electrons. The van der Waals surface area contributed by atoms with Crippen LogP contribution in [0.1, 0.15) is 56.1 Å². The van der Waals surface area contributed by atoms with Gasteiger partial charge in [-0.15, -0.1) is 0 Å². The number of rotatable bonds is 23. The van der Waals surface area contributed by atoms with E-state index in [0.29, 0.717) is 43.4 Å². The van der Waals surface area contributed by atoms with Crippen LogP contribution < -0.4 is 38.1 Å². The number of nitrogens with two attached hydrogens (primary N) is 2. The number of carbonyl (C=O) groups excluding carboxylic acids is 6. The maximum atomic E-state index is 13.8. The van der Waals surface area contributed by atoms with E-state index in [1.807, 2.05) is 0 Å². The van der Waals surface area contributed by atoms with Crippen molar-refractivity contribution >= 4 is 47.4 Å². The van der Waals surface area contributed by atoms with Gasteiger partial charge in [0.15, 0.2) is 0 Å². The molecular weight excluding hydrogens is 744 g/mol. The lowest BCUT2D eigenvalue weighted by Crippen LogP contribution is -2.57. The summed E-state index contributed by atoms with van der Waals surface area (Å²) in [7, 11) is 0. The van der Waals surface area contributed by atoms with Crippen LogP contribution in [0.3, 0.4) is 0 Å². The van der Waals surface area contributed by atoms with Crippen LogP contribution in [0.4, 0.5) is 0 Å². The van der Waals surface area contributed by atoms with E-state index in [-0.39, 0.29) is 38.0 Å². The molecule has 1 saturated heterocycles. The predicted octanol–water partition coefficient (Wildman–Crippen LogP) is -1.74. The lowest BCUT2D eigenvalue weighted by molar-refractivity contribution is -0.144. The summed E-state index contributed by atoms with van der Waals surface area (Å²) in [5.74, 6) is -6.85. The standard InChI is InChI=1S/C38H52N8O11/c39-17-5-4-9-26(40)34(52)44-29(20-24-11-13-25(47)14-12-24)36(54)45-28(19-23-7-2-1-3-8-23)35(53)42-21-31(48)41-22-32(49)46-18-6-10-30(46)37(55)43-27(38(56)57)15-16-33(50)51/h1-3,7-8,11-14,26-30,47H,4-6,9-10,15-22,39-40H2,(H,41,48)(H,42,53)(H,43,55)(H,44,52)(H,45,54)(H,50,51)(H,56,57)/t26-,27-,28-,29-,30-/m0/s1. The number of benzene rings is 2. The number of nitrogens with zero attached hydrogens (tertiary/aromatic N) is 1. The highest BCUT2D eigenvalue weighted by atomic mass is 16.4. The minimum Gasteiger partial charge on any atom is -0.508 e. The Kier molecular flexibility index (Phi) is 18.4. The Bertz CT molecular complexity index is 1710. The number of aliphatic carboxylic acids is 2. The largest absolute Gasteiger partial charge is 0.508 e. The van der Waals surface area contributed by atoms with Crippen molar-refractivity contribution in [3.05, 3.63) is 65.7 Å². The molecule has 1 fully saturated rings. The van der Waals surface area contributed by atoms with Crippen molar-refractivity contribution in [2.45, 2.75) is 88.0 Å². The van der Waals surface area contributed by atoms with Gasteiger partial charge in [0.05, 0.1) is 19.1 Å². The average molecular weight is 797 g/mol. The molecule has 12 N–H and O–H groups in total. The topological polar surface area (TPSA) is 313 Å². The lowest BCUT2D eigenvalue weighted by Gasteiger charge is -2.26. The zero-order valence-corrected chi connectivity index (χ0v) is 31.5. The van der Waals surface area contributed by atoms with Crippen molar-refractivity contribution in [2.75, 3.05) is 26.2 Å². The number of amides is 6. The highest BCUT2D eigenvalue weighted by Crippen LogP contribution is 2.18. The number of hydrogen-bond donors (Lipinski definition) is 10. The highest BCUT2D eigenvalue weighted by molar-refractivity contribution is 5.95. The van der Waals surface area contributed by atoms with Crippen LogP contribution in [0.5, 0.6) is 5.75 Å². The molecule has 57 heavy (non-hydrogen) atoms. The Labute approximate surface area is 329 Å². The van der Waals surface area contributed by atoms with Crippen LogP contribution in [0.2, 0.25) is 0 Å². The molecule has 0 saturated carbocycles. The van der Waals surface area contributed by atoms with Gasteiger partial charge in [-0.05, 0) is 61.9 Å². The molecule has 0 aromatic heterocycles. The van der Waals surface area contributed by atoms with E-state index >= 15 is 0 Å². The second-order valence-electron chi connectivity index (χ2n) is 13.6. The maximum Gasteiger partial charge on any atom is 0.326 e. The van der Waals surface area contributed by atoms with Gasteiger partial charge in [-0.3, -0.25) is 33.6 Å². The van der Waals surface area contributed by atoms with Gasteiger partial charge in [0, 0.05) is 25.8 Å². The first-order chi connectivity index (χ1) is 27.2. The first-order valence-corrected chi connectivity index (χ1v) is 18.7. The van der Waals surface area contributed by atoms with Crippen molar-refractivity contribution in [3.63, 3.8) is 0 Å². The third-order valence-corrected chi connectivity index (χ3v) is 9.23. The molecule has 0 unspecified atom stereocenters. The Hall–Kier alpha value is -6.08.